The number of H-pyrrole nitrogens is 1. The summed E-state index contributed by atoms with van der Waals surface area (Å²) in [5.41, 5.74) is 1.75. The lowest BCUT2D eigenvalue weighted by atomic mass is 10.1. The maximum absolute atomic E-state index is 10.9. The molecule has 6 nitrogen and oxygen atoms in total. The van der Waals surface area contributed by atoms with Gasteiger partial charge in [0.2, 0.25) is 5.88 Å². The van der Waals surface area contributed by atoms with Crippen molar-refractivity contribution in [3.05, 3.63) is 76.3 Å². The predicted molar refractivity (Wildman–Crippen MR) is 91.0 cm³/mol. The molecule has 0 atom stereocenters. The zero-order valence-electron chi connectivity index (χ0n) is 12.6. The minimum absolute atomic E-state index is 0.0129. The summed E-state index contributed by atoms with van der Waals surface area (Å²) in [6.07, 6.45) is 0. The molecular weight excluding hydrogens is 306 g/mol. The van der Waals surface area contributed by atoms with Crippen molar-refractivity contribution in [2.45, 2.75) is 6.61 Å². The Morgan fingerprint density at radius 1 is 1.04 bits per heavy atom. The molecule has 6 heteroatoms. The Labute approximate surface area is 136 Å². The van der Waals surface area contributed by atoms with E-state index in [4.69, 9.17) is 4.74 Å². The molecule has 4 aromatic rings. The first-order valence-corrected chi connectivity index (χ1v) is 7.44. The fourth-order valence-corrected chi connectivity index (χ4v) is 2.77. The fourth-order valence-electron chi connectivity index (χ4n) is 2.77. The van der Waals surface area contributed by atoms with Gasteiger partial charge in [0.1, 0.15) is 6.61 Å². The smallest absolute Gasteiger partial charge is 0.270 e. The normalized spacial score (nSPS) is 11.0. The van der Waals surface area contributed by atoms with E-state index >= 15 is 0 Å². The molecule has 0 spiro atoms. The van der Waals surface area contributed by atoms with Crippen LogP contribution in [0, 0.1) is 10.1 Å². The largest absolute Gasteiger partial charge is 0.471 e. The van der Waals surface area contributed by atoms with Crippen LogP contribution in [-0.4, -0.2) is 15.1 Å². The van der Waals surface area contributed by atoms with Crippen LogP contribution in [0.5, 0.6) is 5.88 Å². The second-order valence-corrected chi connectivity index (χ2v) is 5.44. The second-order valence-electron chi connectivity index (χ2n) is 5.44. The number of fused-ring (bicyclic) bond motifs is 2. The number of aromatic nitrogens is 2. The molecule has 1 aromatic heterocycles. The van der Waals surface area contributed by atoms with E-state index in [1.54, 1.807) is 6.07 Å². The number of nitro groups is 1. The Morgan fingerprint density at radius 2 is 1.88 bits per heavy atom. The highest BCUT2D eigenvalue weighted by molar-refractivity contribution is 5.87. The van der Waals surface area contributed by atoms with Crippen molar-refractivity contribution in [2.24, 2.45) is 0 Å². The quantitative estimate of drug-likeness (QED) is 0.451. The number of ether oxygens (including phenoxy) is 1. The third kappa shape index (κ3) is 2.44. The van der Waals surface area contributed by atoms with Gasteiger partial charge in [-0.1, -0.05) is 42.5 Å². The molecule has 0 aliphatic carbocycles. The summed E-state index contributed by atoms with van der Waals surface area (Å²) >= 11 is 0. The molecular formula is C18H13N3O3. The van der Waals surface area contributed by atoms with Crippen LogP contribution >= 0.6 is 0 Å². The van der Waals surface area contributed by atoms with Crippen LogP contribution in [0.3, 0.4) is 0 Å². The van der Waals surface area contributed by atoms with Gasteiger partial charge in [-0.2, -0.15) is 0 Å². The number of rotatable bonds is 4. The lowest BCUT2D eigenvalue weighted by Gasteiger charge is -2.07. The summed E-state index contributed by atoms with van der Waals surface area (Å²) in [4.78, 5) is 10.5. The van der Waals surface area contributed by atoms with E-state index in [2.05, 4.69) is 10.2 Å². The number of benzene rings is 3. The molecule has 0 aliphatic rings. The van der Waals surface area contributed by atoms with Crippen molar-refractivity contribution >= 4 is 27.4 Å². The lowest BCUT2D eigenvalue weighted by molar-refractivity contribution is -0.384. The van der Waals surface area contributed by atoms with Crippen LogP contribution in [0.25, 0.3) is 21.7 Å². The average Bonchev–Trinajstić information content (AvgIpc) is 3.02. The number of non-ortho nitro benzene ring substituents is 1. The molecule has 0 amide bonds. The van der Waals surface area contributed by atoms with Crippen LogP contribution in [0.2, 0.25) is 0 Å². The summed E-state index contributed by atoms with van der Waals surface area (Å²) in [7, 11) is 0. The van der Waals surface area contributed by atoms with Crippen LogP contribution in [0.1, 0.15) is 5.56 Å². The number of nitrogens with one attached hydrogen (secondary N) is 1. The van der Waals surface area contributed by atoms with Crippen LogP contribution in [0.15, 0.2) is 60.7 Å². The molecule has 24 heavy (non-hydrogen) atoms. The van der Waals surface area contributed by atoms with Crippen molar-refractivity contribution in [2.75, 3.05) is 0 Å². The third-order valence-corrected chi connectivity index (χ3v) is 3.97. The number of nitrogens with zero attached hydrogens (tertiary/aromatic N) is 2. The molecule has 0 bridgehead atoms. The van der Waals surface area contributed by atoms with Gasteiger partial charge >= 0.3 is 0 Å². The van der Waals surface area contributed by atoms with E-state index in [1.165, 1.54) is 12.1 Å². The second kappa shape index (κ2) is 5.66. The van der Waals surface area contributed by atoms with E-state index in [9.17, 15) is 10.1 Å². The lowest BCUT2D eigenvalue weighted by Crippen LogP contribution is -1.97. The van der Waals surface area contributed by atoms with Gasteiger partial charge in [-0.15, -0.1) is 5.10 Å². The number of aromatic amines is 1. The molecule has 1 N–H and O–H groups in total. The minimum atomic E-state index is -0.430. The Hall–Kier alpha value is -3.41. The highest BCUT2D eigenvalue weighted by atomic mass is 16.6. The predicted octanol–water partition coefficient (Wildman–Crippen LogP) is 4.20. The van der Waals surface area contributed by atoms with E-state index in [1.807, 2.05) is 42.5 Å². The van der Waals surface area contributed by atoms with Gasteiger partial charge in [-0.25, -0.2) is 0 Å². The molecule has 0 fully saturated rings. The molecule has 0 aliphatic heterocycles. The molecule has 1 heterocycles. The van der Waals surface area contributed by atoms with Gasteiger partial charge in [0.05, 0.1) is 15.8 Å². The number of hydrogen-bond donors (Lipinski definition) is 1. The Bertz CT molecular complexity index is 1050. The van der Waals surface area contributed by atoms with Gasteiger partial charge in [-0.3, -0.25) is 15.2 Å². The van der Waals surface area contributed by atoms with Crippen molar-refractivity contribution in [1.82, 2.24) is 10.2 Å². The first kappa shape index (κ1) is 14.2. The van der Waals surface area contributed by atoms with Crippen LogP contribution in [0.4, 0.5) is 5.69 Å². The fraction of sp³-hybridized carbons (Fsp3) is 0.0556. The maximum Gasteiger partial charge on any atom is 0.270 e. The summed E-state index contributed by atoms with van der Waals surface area (Å²) in [6, 6.07) is 18.6. The van der Waals surface area contributed by atoms with Gasteiger partial charge in [0.15, 0.2) is 0 Å². The van der Waals surface area contributed by atoms with E-state index in [-0.39, 0.29) is 5.69 Å². The average molecular weight is 319 g/mol. The molecule has 0 saturated heterocycles. The number of nitro benzene ring substituents is 1. The molecule has 0 radical (unpaired) electrons. The first-order valence-electron chi connectivity index (χ1n) is 7.44. The minimum Gasteiger partial charge on any atom is -0.471 e. The van der Waals surface area contributed by atoms with Crippen molar-refractivity contribution in [1.29, 1.82) is 0 Å². The number of hydrogen-bond acceptors (Lipinski definition) is 4. The Kier molecular flexibility index (Phi) is 3.35. The maximum atomic E-state index is 10.9. The van der Waals surface area contributed by atoms with Gasteiger partial charge in [-0.05, 0) is 22.4 Å². The van der Waals surface area contributed by atoms with Crippen molar-refractivity contribution in [3.8, 4) is 5.88 Å². The van der Waals surface area contributed by atoms with Gasteiger partial charge in [0.25, 0.3) is 5.69 Å². The highest BCUT2D eigenvalue weighted by Crippen LogP contribution is 2.28. The molecule has 118 valence electrons. The molecule has 3 aromatic carbocycles. The summed E-state index contributed by atoms with van der Waals surface area (Å²) < 4.78 is 5.82. The van der Waals surface area contributed by atoms with E-state index < -0.39 is 4.92 Å². The zero-order chi connectivity index (χ0) is 16.5. The van der Waals surface area contributed by atoms with Crippen LogP contribution in [-0.2, 0) is 6.61 Å². The SMILES string of the molecule is O=[N+]([O-])c1ccc2[nH]nc(OCc3cccc4ccccc34)c2c1. The topological polar surface area (TPSA) is 81.0 Å². The summed E-state index contributed by atoms with van der Waals surface area (Å²) in [5, 5.41) is 20.7. The molecule has 0 saturated carbocycles. The van der Waals surface area contributed by atoms with Gasteiger partial charge in [0, 0.05) is 12.1 Å². The van der Waals surface area contributed by atoms with Crippen molar-refractivity contribution in [3.63, 3.8) is 0 Å². The van der Waals surface area contributed by atoms with Crippen molar-refractivity contribution < 1.29 is 9.66 Å². The molecule has 0 unspecified atom stereocenters. The highest BCUT2D eigenvalue weighted by Gasteiger charge is 2.13. The van der Waals surface area contributed by atoms with Crippen LogP contribution < -0.4 is 4.74 Å². The summed E-state index contributed by atoms with van der Waals surface area (Å²) in [6.45, 7) is 0.337. The van der Waals surface area contributed by atoms with E-state index in [0.717, 1.165) is 16.3 Å². The van der Waals surface area contributed by atoms with E-state index in [0.29, 0.717) is 23.4 Å². The monoisotopic (exact) mass is 319 g/mol. The first-order chi connectivity index (χ1) is 11.7. The third-order valence-electron chi connectivity index (χ3n) is 3.97. The zero-order valence-corrected chi connectivity index (χ0v) is 12.6. The van der Waals surface area contributed by atoms with Gasteiger partial charge < -0.3 is 4.74 Å². The Balaban J connectivity index is 1.67. The molecule has 4 rings (SSSR count). The standard InChI is InChI=1S/C18H13N3O3/c22-21(23)14-8-9-17-16(10-14)18(20-19-17)24-11-13-6-3-5-12-4-1-2-7-15(12)13/h1-10H,11H2,(H,19,20). The Morgan fingerprint density at radius 3 is 2.75 bits per heavy atom. The summed E-state index contributed by atoms with van der Waals surface area (Å²) in [5.74, 6) is 0.363.